The van der Waals surface area contributed by atoms with Crippen LogP contribution in [0.5, 0.6) is 0 Å². The Morgan fingerprint density at radius 2 is 0.342 bits per heavy atom. The average Bonchev–Trinajstić information content (AvgIpc) is 0.714. The van der Waals surface area contributed by atoms with Gasteiger partial charge in [-0.15, -0.1) is 0 Å². The van der Waals surface area contributed by atoms with E-state index in [0.29, 0.717) is 0 Å². The molecule has 0 aliphatic heterocycles. The van der Waals surface area contributed by atoms with Gasteiger partial charge in [0, 0.05) is 161 Å². The van der Waals surface area contributed by atoms with Gasteiger partial charge in [0.05, 0.1) is 5.69 Å². The second-order valence-electron chi connectivity index (χ2n) is 38.7. The van der Waals surface area contributed by atoms with E-state index in [1.165, 1.54) is 237 Å². The molecule has 0 saturated heterocycles. The van der Waals surface area contributed by atoms with Crippen molar-refractivity contribution in [2.75, 3.05) is 83.6 Å². The van der Waals surface area contributed by atoms with Crippen LogP contribution < -0.4 is 34.3 Å². The highest BCUT2D eigenvalue weighted by Crippen LogP contribution is 2.46. The van der Waals surface area contributed by atoms with E-state index >= 15 is 0 Å². The third-order valence-electron chi connectivity index (χ3n) is 28.9. The van der Waals surface area contributed by atoms with Crippen LogP contribution in [0.1, 0.15) is 27.8 Å². The number of para-hydroxylation sites is 1. The van der Waals surface area contributed by atoms with Crippen LogP contribution in [0, 0.1) is 34.6 Å². The summed E-state index contributed by atoms with van der Waals surface area (Å²) < 4.78 is 0. The molecule has 0 bridgehead atoms. The van der Waals surface area contributed by atoms with Gasteiger partial charge in [-0.25, -0.2) is 0 Å². The minimum Gasteiger partial charge on any atom is -0.345 e. The van der Waals surface area contributed by atoms with Crippen LogP contribution in [0.25, 0.3) is 129 Å². The number of anilines is 14. The third kappa shape index (κ3) is 21.6. The topological polar surface area (TPSA) is 22.7 Å². The highest BCUT2D eigenvalue weighted by molar-refractivity contribution is 6.34. The van der Waals surface area contributed by atoms with E-state index in [2.05, 4.69) is 640 Å². The SMILES string of the molecule is CN(c1ccc2ccccc2c1)c1cccc2ccccc12.CN(c1cccc2ccccc12)c1cccc2ccccc12.Cc1ccc(N(C)c2c3ccccc3cc3ccccc23)cc1.Cc1ccc(N(C)c2ccc3c4cccc5cccc(c6cccc2c63)c54)cc1.Cc1ccc(N(C)c2ccc3ccccc3c2)cc1.Cc1ccc(N(C)c2cccc3ccccc23)cc1.Cc1ccc(N(C)c2ccccc2)cc1. The Balaban J connectivity index is 0.000000106. The first-order valence-corrected chi connectivity index (χ1v) is 51.3. The molecule has 0 saturated carbocycles. The van der Waals surface area contributed by atoms with Gasteiger partial charge in [-0.1, -0.05) is 422 Å². The first kappa shape index (κ1) is 98.1. The molecule has 7 nitrogen and oxygen atoms in total. The van der Waals surface area contributed by atoms with Crippen molar-refractivity contribution < 1.29 is 0 Å². The van der Waals surface area contributed by atoms with Crippen LogP contribution in [0.4, 0.5) is 79.6 Å². The zero-order chi connectivity index (χ0) is 102. The fourth-order valence-corrected chi connectivity index (χ4v) is 20.5. The summed E-state index contributed by atoms with van der Waals surface area (Å²) in [7, 11) is 14.9. The third-order valence-corrected chi connectivity index (χ3v) is 28.9. The lowest BCUT2D eigenvalue weighted by Gasteiger charge is -2.24. The highest BCUT2D eigenvalue weighted by Gasteiger charge is 2.21. The molecule has 0 aliphatic rings. The van der Waals surface area contributed by atoms with E-state index in [4.69, 9.17) is 0 Å². The second kappa shape index (κ2) is 44.9. The fourth-order valence-electron chi connectivity index (χ4n) is 20.5. The number of aryl methyl sites for hydroxylation is 5. The molecule has 0 aromatic heterocycles. The molecule has 0 N–H and O–H groups in total. The maximum absolute atomic E-state index is 2.30. The van der Waals surface area contributed by atoms with Crippen molar-refractivity contribution in [3.05, 3.63) is 556 Å². The normalized spacial score (nSPS) is 11.0. The first-order chi connectivity index (χ1) is 72.9. The van der Waals surface area contributed by atoms with Crippen LogP contribution in [-0.4, -0.2) is 49.3 Å². The summed E-state index contributed by atoms with van der Waals surface area (Å²) in [6, 6.07) is 188. The van der Waals surface area contributed by atoms with Crippen molar-refractivity contribution in [1.29, 1.82) is 0 Å². The summed E-state index contributed by atoms with van der Waals surface area (Å²) in [4.78, 5) is 15.8. The number of hydrogen-bond acceptors (Lipinski definition) is 7. The summed E-state index contributed by atoms with van der Waals surface area (Å²) in [5, 5.41) is 31.1. The van der Waals surface area contributed by atoms with E-state index in [9.17, 15) is 0 Å². The van der Waals surface area contributed by atoms with Gasteiger partial charge in [-0.3, -0.25) is 0 Å². The molecule has 26 aromatic rings. The average molecular weight is 1930 g/mol. The molecule has 0 heterocycles. The predicted octanol–water partition coefficient (Wildman–Crippen LogP) is 39.0. The number of nitrogens with zero attached hydrogens (tertiary/aromatic N) is 7. The molecule has 0 radical (unpaired) electrons. The van der Waals surface area contributed by atoms with Crippen molar-refractivity contribution in [2.24, 2.45) is 0 Å². The van der Waals surface area contributed by atoms with Gasteiger partial charge in [0.15, 0.2) is 0 Å². The minimum absolute atomic E-state index is 1.20. The molecule has 0 amide bonds. The van der Waals surface area contributed by atoms with Crippen molar-refractivity contribution in [3.8, 4) is 0 Å². The van der Waals surface area contributed by atoms with Gasteiger partial charge in [-0.2, -0.15) is 0 Å². The lowest BCUT2D eigenvalue weighted by Crippen LogP contribution is -2.10. The van der Waals surface area contributed by atoms with Gasteiger partial charge >= 0.3 is 0 Å². The first-order valence-electron chi connectivity index (χ1n) is 51.3. The van der Waals surface area contributed by atoms with Crippen molar-refractivity contribution in [2.45, 2.75) is 34.6 Å². The highest BCUT2D eigenvalue weighted by atomic mass is 15.1. The monoisotopic (exact) mass is 1930 g/mol. The molecule has 726 valence electrons. The molecular formula is C142H123N7. The van der Waals surface area contributed by atoms with Crippen LogP contribution in [0.15, 0.2) is 528 Å². The van der Waals surface area contributed by atoms with Crippen LogP contribution >= 0.6 is 0 Å². The standard InChI is InChI=1S/C28H21N.C22H19N.2C21H17N.2C18H17N.C14H15N/c1-18-12-14-20(15-13-18)29(2)26-17-16-24-22-9-4-7-19-6-3-8-21(27(19)22)23-10-5-11-25(26)28(23)24;1-16-11-13-19(14-12-16)23(2)22-20-9-5-3-7-17(20)15-18-8-4-6-10-21(18)22;1-22(20-14-6-10-16-8-2-4-12-18(16)20)21-15-7-11-17-9-3-5-13-19(17)21;1-22(19-14-13-16-7-2-3-9-18(16)15-19)21-12-6-10-17-8-4-5-11-20(17)21;1-14-10-12-16(13-11-14)19(2)18-9-5-7-15-6-3-4-8-17(15)18;1-14-7-10-17(11-8-14)19(2)18-12-9-15-5-3-4-6-16(15)13-18;1-12-8-10-14(11-9-12)15(2)13-6-4-3-5-7-13/h3-17H,1-2H3;3-15H,1-2H3;2*2-15H,1H3;2*3-13H,1-2H3;3-11H,1-2H3. The van der Waals surface area contributed by atoms with Gasteiger partial charge < -0.3 is 34.3 Å². The Labute approximate surface area is 876 Å². The maximum atomic E-state index is 2.30. The van der Waals surface area contributed by atoms with E-state index in [0.717, 1.165) is 0 Å². The zero-order valence-electron chi connectivity index (χ0n) is 86.9. The predicted molar refractivity (Wildman–Crippen MR) is 652 cm³/mol. The molecule has 26 aromatic carbocycles. The molecule has 0 spiro atoms. The van der Waals surface area contributed by atoms with Gasteiger partial charge in [-0.05, 0) is 260 Å². The Bertz CT molecular complexity index is 8920. The maximum Gasteiger partial charge on any atom is 0.0567 e. The molecule has 26 rings (SSSR count). The molecule has 7 heteroatoms. The van der Waals surface area contributed by atoms with Crippen molar-refractivity contribution in [1.82, 2.24) is 0 Å². The molecule has 0 fully saturated rings. The Hall–Kier alpha value is -18.3. The number of benzene rings is 26. The summed E-state index contributed by atoms with van der Waals surface area (Å²) >= 11 is 0. The van der Waals surface area contributed by atoms with E-state index in [1.54, 1.807) is 0 Å². The number of hydrogen-bond donors (Lipinski definition) is 0. The molecule has 0 atom stereocenters. The molecule has 0 unspecified atom stereocenters. The van der Waals surface area contributed by atoms with Gasteiger partial charge in [0.2, 0.25) is 0 Å². The number of fused-ring (bicyclic) bond motifs is 10. The summed E-state index contributed by atoms with van der Waals surface area (Å²) in [6.07, 6.45) is 0. The van der Waals surface area contributed by atoms with Crippen LogP contribution in [0.2, 0.25) is 0 Å². The smallest absolute Gasteiger partial charge is 0.0567 e. The summed E-state index contributed by atoms with van der Waals surface area (Å²) in [5.74, 6) is 0. The summed E-state index contributed by atoms with van der Waals surface area (Å²) in [6.45, 7) is 10.6. The van der Waals surface area contributed by atoms with Crippen LogP contribution in [-0.2, 0) is 0 Å². The van der Waals surface area contributed by atoms with E-state index in [-0.39, 0.29) is 0 Å². The van der Waals surface area contributed by atoms with Crippen LogP contribution in [0.3, 0.4) is 0 Å². The van der Waals surface area contributed by atoms with E-state index in [1.807, 2.05) is 6.07 Å². The minimum atomic E-state index is 1.20. The lowest BCUT2D eigenvalue weighted by atomic mass is 9.89. The zero-order valence-corrected chi connectivity index (χ0v) is 86.9. The largest absolute Gasteiger partial charge is 0.345 e. The Morgan fingerprint density at radius 1 is 0.114 bits per heavy atom. The summed E-state index contributed by atoms with van der Waals surface area (Å²) in [5.41, 5.74) is 23.5. The lowest BCUT2D eigenvalue weighted by molar-refractivity contribution is 1.20. The van der Waals surface area contributed by atoms with Gasteiger partial charge in [0.25, 0.3) is 0 Å². The number of rotatable bonds is 14. The van der Waals surface area contributed by atoms with Crippen molar-refractivity contribution in [3.63, 3.8) is 0 Å². The van der Waals surface area contributed by atoms with Gasteiger partial charge in [0.1, 0.15) is 0 Å². The van der Waals surface area contributed by atoms with E-state index < -0.39 is 0 Å². The Kier molecular flexibility index (Phi) is 29.6. The quantitative estimate of drug-likeness (QED) is 0.0789. The van der Waals surface area contributed by atoms with Crippen molar-refractivity contribution >= 4 is 209 Å². The molecular weight excluding hydrogens is 1800 g/mol. The fraction of sp³-hybridized carbons (Fsp3) is 0.0845. The molecule has 0 aliphatic carbocycles. The molecule has 149 heavy (non-hydrogen) atoms. The Morgan fingerprint density at radius 3 is 0.725 bits per heavy atom. The second-order valence-corrected chi connectivity index (χ2v) is 38.7.